The van der Waals surface area contributed by atoms with Gasteiger partial charge in [-0.3, -0.25) is 9.36 Å². The Bertz CT molecular complexity index is 1250. The van der Waals surface area contributed by atoms with Crippen molar-refractivity contribution in [2.75, 3.05) is 7.11 Å². The second kappa shape index (κ2) is 7.19. The number of benzene rings is 2. The predicted molar refractivity (Wildman–Crippen MR) is 107 cm³/mol. The van der Waals surface area contributed by atoms with Crippen molar-refractivity contribution in [2.45, 2.75) is 20.0 Å². The highest BCUT2D eigenvalue weighted by molar-refractivity contribution is 5.73. The van der Waals surface area contributed by atoms with E-state index in [4.69, 9.17) is 4.74 Å². The van der Waals surface area contributed by atoms with Crippen LogP contribution >= 0.6 is 0 Å². The summed E-state index contributed by atoms with van der Waals surface area (Å²) < 4.78 is 9.90. The molecule has 0 spiro atoms. The molecular formula is C21H20N4O3. The van der Waals surface area contributed by atoms with Crippen LogP contribution in [-0.4, -0.2) is 25.8 Å². The number of fused-ring (bicyclic) bond motifs is 1. The average molecular weight is 376 g/mol. The summed E-state index contributed by atoms with van der Waals surface area (Å²) in [6.07, 6.45) is 1.59. The van der Waals surface area contributed by atoms with E-state index in [1.54, 1.807) is 30.1 Å². The van der Waals surface area contributed by atoms with Crippen LogP contribution < -0.4 is 16.0 Å². The summed E-state index contributed by atoms with van der Waals surface area (Å²) in [5, 5.41) is 0. The van der Waals surface area contributed by atoms with Crippen molar-refractivity contribution in [3.8, 4) is 11.4 Å². The molecule has 0 N–H and O–H groups in total. The topological polar surface area (TPSA) is 71.0 Å². The molecule has 0 atom stereocenters. The molecule has 0 fully saturated rings. The van der Waals surface area contributed by atoms with Gasteiger partial charge in [-0.05, 0) is 24.6 Å². The Balaban J connectivity index is 2.08. The van der Waals surface area contributed by atoms with Crippen molar-refractivity contribution in [1.82, 2.24) is 18.7 Å². The number of aromatic nitrogens is 4. The molecule has 0 amide bonds. The lowest BCUT2D eigenvalue weighted by atomic mass is 10.2. The smallest absolute Gasteiger partial charge is 0.337 e. The lowest BCUT2D eigenvalue weighted by Gasteiger charge is -2.14. The Hall–Kier alpha value is -3.61. The van der Waals surface area contributed by atoms with Gasteiger partial charge in [0.1, 0.15) is 5.75 Å². The predicted octanol–water partition coefficient (Wildman–Crippen LogP) is 2.43. The molecule has 0 aliphatic rings. The van der Waals surface area contributed by atoms with Gasteiger partial charge in [-0.2, -0.15) is 0 Å². The van der Waals surface area contributed by atoms with Crippen LogP contribution in [0.2, 0.25) is 0 Å². The molecule has 7 heteroatoms. The van der Waals surface area contributed by atoms with Gasteiger partial charge < -0.3 is 9.30 Å². The molecular weight excluding hydrogens is 356 g/mol. The molecule has 2 aromatic carbocycles. The van der Waals surface area contributed by atoms with Gasteiger partial charge in [0.15, 0.2) is 11.2 Å². The van der Waals surface area contributed by atoms with E-state index in [0.29, 0.717) is 29.1 Å². The number of imidazole rings is 1. The fourth-order valence-corrected chi connectivity index (χ4v) is 3.36. The summed E-state index contributed by atoms with van der Waals surface area (Å²) in [6.45, 7) is 2.68. The zero-order valence-corrected chi connectivity index (χ0v) is 15.7. The van der Waals surface area contributed by atoms with Crippen LogP contribution in [0.4, 0.5) is 0 Å². The average Bonchev–Trinajstić information content (AvgIpc) is 3.16. The quantitative estimate of drug-likeness (QED) is 0.536. The van der Waals surface area contributed by atoms with Gasteiger partial charge in [-0.25, -0.2) is 14.3 Å². The third kappa shape index (κ3) is 2.81. The molecule has 0 unspecified atom stereocenters. The lowest BCUT2D eigenvalue weighted by Crippen LogP contribution is -2.40. The first-order chi connectivity index (χ1) is 13.7. The highest BCUT2D eigenvalue weighted by Crippen LogP contribution is 2.23. The van der Waals surface area contributed by atoms with Crippen LogP contribution in [-0.2, 0) is 13.1 Å². The second-order valence-electron chi connectivity index (χ2n) is 6.37. The Morgan fingerprint density at radius 2 is 1.71 bits per heavy atom. The van der Waals surface area contributed by atoms with E-state index in [9.17, 15) is 9.59 Å². The molecule has 0 saturated carbocycles. The largest absolute Gasteiger partial charge is 0.495 e. The van der Waals surface area contributed by atoms with Gasteiger partial charge >= 0.3 is 5.69 Å². The Morgan fingerprint density at radius 3 is 2.43 bits per heavy atom. The number of ether oxygens (including phenoxy) is 1. The van der Waals surface area contributed by atoms with Crippen molar-refractivity contribution >= 4 is 11.2 Å². The molecule has 4 rings (SSSR count). The van der Waals surface area contributed by atoms with Crippen LogP contribution in [0.15, 0.2) is 70.5 Å². The molecule has 2 heterocycles. The number of nitrogens with zero attached hydrogens (tertiary/aromatic N) is 4. The maximum Gasteiger partial charge on any atom is 0.337 e. The molecule has 0 aliphatic heterocycles. The minimum atomic E-state index is -0.452. The maximum atomic E-state index is 13.4. The van der Waals surface area contributed by atoms with Crippen LogP contribution in [0.3, 0.4) is 0 Å². The van der Waals surface area contributed by atoms with Gasteiger partial charge in [-0.15, -0.1) is 0 Å². The van der Waals surface area contributed by atoms with E-state index in [0.717, 1.165) is 5.56 Å². The highest BCUT2D eigenvalue weighted by Gasteiger charge is 2.20. The number of para-hydroxylation sites is 2. The van der Waals surface area contributed by atoms with E-state index < -0.39 is 5.69 Å². The van der Waals surface area contributed by atoms with E-state index in [2.05, 4.69) is 4.98 Å². The van der Waals surface area contributed by atoms with Crippen LogP contribution in [0.5, 0.6) is 5.75 Å². The van der Waals surface area contributed by atoms with Crippen molar-refractivity contribution in [3.05, 3.63) is 87.3 Å². The molecule has 142 valence electrons. The van der Waals surface area contributed by atoms with Crippen molar-refractivity contribution < 1.29 is 4.74 Å². The first-order valence-corrected chi connectivity index (χ1v) is 9.03. The Labute approximate surface area is 161 Å². The fourth-order valence-electron chi connectivity index (χ4n) is 3.36. The zero-order valence-electron chi connectivity index (χ0n) is 15.7. The first kappa shape index (κ1) is 17.8. The summed E-state index contributed by atoms with van der Waals surface area (Å²) in [5.74, 6) is 0.529. The summed E-state index contributed by atoms with van der Waals surface area (Å²) >= 11 is 0. The molecule has 28 heavy (non-hydrogen) atoms. The molecule has 7 nitrogen and oxygen atoms in total. The minimum Gasteiger partial charge on any atom is -0.495 e. The first-order valence-electron chi connectivity index (χ1n) is 9.03. The molecule has 0 aliphatic carbocycles. The maximum absolute atomic E-state index is 13.4. The van der Waals surface area contributed by atoms with Crippen LogP contribution in [0.25, 0.3) is 16.9 Å². The van der Waals surface area contributed by atoms with E-state index in [1.165, 1.54) is 9.13 Å². The number of methoxy groups -OCH3 is 1. The SMILES string of the molecule is CCn1cnc2c1c(=O)n(Cc1ccccc1)c(=O)n2-c1ccccc1OC. The van der Waals surface area contributed by atoms with Gasteiger partial charge in [0.25, 0.3) is 5.56 Å². The molecule has 4 aromatic rings. The van der Waals surface area contributed by atoms with E-state index >= 15 is 0 Å². The summed E-state index contributed by atoms with van der Waals surface area (Å²) in [5.41, 5.74) is 1.33. The number of rotatable bonds is 5. The monoisotopic (exact) mass is 376 g/mol. The zero-order chi connectivity index (χ0) is 19.7. The Morgan fingerprint density at radius 1 is 1.00 bits per heavy atom. The van der Waals surface area contributed by atoms with Gasteiger partial charge in [0.2, 0.25) is 0 Å². The minimum absolute atomic E-state index is 0.179. The van der Waals surface area contributed by atoms with Crippen molar-refractivity contribution in [2.24, 2.45) is 0 Å². The van der Waals surface area contributed by atoms with E-state index in [1.807, 2.05) is 49.4 Å². The Kier molecular flexibility index (Phi) is 4.57. The molecule has 0 saturated heterocycles. The van der Waals surface area contributed by atoms with E-state index in [-0.39, 0.29) is 12.1 Å². The van der Waals surface area contributed by atoms with Gasteiger partial charge in [0.05, 0.1) is 25.7 Å². The molecule has 0 bridgehead atoms. The van der Waals surface area contributed by atoms with Crippen molar-refractivity contribution in [1.29, 1.82) is 0 Å². The molecule has 0 radical (unpaired) electrons. The highest BCUT2D eigenvalue weighted by atomic mass is 16.5. The second-order valence-corrected chi connectivity index (χ2v) is 6.37. The lowest BCUT2D eigenvalue weighted by molar-refractivity contribution is 0.412. The normalized spacial score (nSPS) is 11.1. The number of hydrogen-bond donors (Lipinski definition) is 0. The summed E-state index contributed by atoms with van der Waals surface area (Å²) in [6, 6.07) is 16.6. The van der Waals surface area contributed by atoms with Crippen molar-refractivity contribution in [3.63, 3.8) is 0 Å². The standard InChI is InChI=1S/C21H20N4O3/c1-3-23-14-22-19-18(23)20(26)24(13-15-9-5-4-6-10-15)21(27)25(19)16-11-7-8-12-17(16)28-2/h4-12,14H,3,13H2,1-2H3. The third-order valence-electron chi connectivity index (χ3n) is 4.75. The summed E-state index contributed by atoms with van der Waals surface area (Å²) in [7, 11) is 1.55. The van der Waals surface area contributed by atoms with Gasteiger partial charge in [-0.1, -0.05) is 42.5 Å². The van der Waals surface area contributed by atoms with Crippen LogP contribution in [0, 0.1) is 0 Å². The van der Waals surface area contributed by atoms with Gasteiger partial charge in [0, 0.05) is 6.54 Å². The molecule has 2 aromatic heterocycles. The fraction of sp³-hybridized carbons (Fsp3) is 0.190. The number of aryl methyl sites for hydroxylation is 1. The summed E-state index contributed by atoms with van der Waals surface area (Å²) in [4.78, 5) is 31.0. The van der Waals surface area contributed by atoms with Crippen LogP contribution in [0.1, 0.15) is 12.5 Å². The number of hydrogen-bond acceptors (Lipinski definition) is 4. The third-order valence-corrected chi connectivity index (χ3v) is 4.75.